The monoisotopic (exact) mass is 153 g/mol. The highest BCUT2D eigenvalue weighted by Gasteiger charge is 1.89. The minimum Gasteiger partial charge on any atom is -0.260 e. The molecule has 1 aromatic heterocycles. The number of aryl methyl sites for hydroxylation is 1. The average Bonchev–Trinajstić information content (AvgIpc) is 1.95. The molecular formula is C8H11NS. The van der Waals surface area contributed by atoms with E-state index in [-0.39, 0.29) is 0 Å². The van der Waals surface area contributed by atoms with Gasteiger partial charge in [0, 0.05) is 16.8 Å². The molecule has 0 aliphatic heterocycles. The fraction of sp³-hybridized carbons (Fsp3) is 0.375. The first-order valence-electron chi connectivity index (χ1n) is 3.38. The number of hydrogen-bond donors (Lipinski definition) is 0. The Bertz CT molecular complexity index is 193. The molecule has 0 bridgehead atoms. The van der Waals surface area contributed by atoms with E-state index in [1.165, 1.54) is 4.90 Å². The van der Waals surface area contributed by atoms with Gasteiger partial charge in [0.1, 0.15) is 0 Å². The standard InChI is InChI=1S/C8H11NS/c1-3-10-8-5-4-7(2)9-6-8/h4-6H,3H2,1-2H3. The molecule has 0 aliphatic carbocycles. The van der Waals surface area contributed by atoms with Crippen LogP contribution in [0, 0.1) is 6.92 Å². The zero-order chi connectivity index (χ0) is 7.40. The molecule has 0 radical (unpaired) electrons. The van der Waals surface area contributed by atoms with E-state index >= 15 is 0 Å². The topological polar surface area (TPSA) is 12.9 Å². The molecule has 0 N–H and O–H groups in total. The van der Waals surface area contributed by atoms with Gasteiger partial charge in [0.15, 0.2) is 0 Å². The summed E-state index contributed by atoms with van der Waals surface area (Å²) in [5, 5.41) is 0. The largest absolute Gasteiger partial charge is 0.260 e. The molecule has 1 aromatic rings. The molecule has 2 heteroatoms. The molecule has 0 aliphatic rings. The Hall–Kier alpha value is -0.500. The molecule has 1 rings (SSSR count). The van der Waals surface area contributed by atoms with Crippen molar-refractivity contribution in [2.75, 3.05) is 5.75 Å². The third-order valence-electron chi connectivity index (χ3n) is 1.20. The number of pyridine rings is 1. The Morgan fingerprint density at radius 2 is 2.30 bits per heavy atom. The molecular weight excluding hydrogens is 142 g/mol. The van der Waals surface area contributed by atoms with Gasteiger partial charge in [0.05, 0.1) is 0 Å². The summed E-state index contributed by atoms with van der Waals surface area (Å²) in [4.78, 5) is 5.43. The highest BCUT2D eigenvalue weighted by Crippen LogP contribution is 2.15. The van der Waals surface area contributed by atoms with Crippen molar-refractivity contribution in [2.24, 2.45) is 0 Å². The van der Waals surface area contributed by atoms with Crippen molar-refractivity contribution in [3.63, 3.8) is 0 Å². The Morgan fingerprint density at radius 3 is 2.80 bits per heavy atom. The molecule has 0 spiro atoms. The Morgan fingerprint density at radius 1 is 1.50 bits per heavy atom. The molecule has 0 fully saturated rings. The minimum absolute atomic E-state index is 1.08. The highest BCUT2D eigenvalue weighted by molar-refractivity contribution is 7.99. The number of thioether (sulfide) groups is 1. The summed E-state index contributed by atoms with van der Waals surface area (Å²) in [5.41, 5.74) is 1.08. The SMILES string of the molecule is CCSc1ccc(C)nc1. The molecule has 1 nitrogen and oxygen atoms in total. The second-order valence-corrected chi connectivity index (χ2v) is 3.41. The second-order valence-electron chi connectivity index (χ2n) is 2.07. The van der Waals surface area contributed by atoms with Crippen molar-refractivity contribution >= 4 is 11.8 Å². The predicted molar refractivity (Wildman–Crippen MR) is 45.4 cm³/mol. The molecule has 0 unspecified atom stereocenters. The Balaban J connectivity index is 2.69. The fourth-order valence-corrected chi connectivity index (χ4v) is 1.33. The summed E-state index contributed by atoms with van der Waals surface area (Å²) in [5.74, 6) is 1.12. The summed E-state index contributed by atoms with van der Waals surface area (Å²) in [7, 11) is 0. The van der Waals surface area contributed by atoms with E-state index in [1.54, 1.807) is 0 Å². The lowest BCUT2D eigenvalue weighted by molar-refractivity contribution is 1.15. The van der Waals surface area contributed by atoms with Gasteiger partial charge in [-0.25, -0.2) is 0 Å². The molecule has 1 heterocycles. The van der Waals surface area contributed by atoms with Crippen LogP contribution in [0.4, 0.5) is 0 Å². The number of nitrogens with zero attached hydrogens (tertiary/aromatic N) is 1. The van der Waals surface area contributed by atoms with E-state index < -0.39 is 0 Å². The predicted octanol–water partition coefficient (Wildman–Crippen LogP) is 2.50. The zero-order valence-electron chi connectivity index (χ0n) is 6.29. The Kier molecular flexibility index (Phi) is 2.75. The molecule has 0 atom stereocenters. The average molecular weight is 153 g/mol. The maximum Gasteiger partial charge on any atom is 0.0407 e. The summed E-state index contributed by atoms with van der Waals surface area (Å²) in [6, 6.07) is 4.15. The molecule has 0 saturated heterocycles. The molecule has 10 heavy (non-hydrogen) atoms. The van der Waals surface area contributed by atoms with E-state index in [2.05, 4.69) is 18.0 Å². The van der Waals surface area contributed by atoms with Crippen LogP contribution < -0.4 is 0 Å². The molecule has 0 aromatic carbocycles. The maximum atomic E-state index is 4.18. The third kappa shape index (κ3) is 2.03. The summed E-state index contributed by atoms with van der Waals surface area (Å²) in [6.07, 6.45) is 1.92. The summed E-state index contributed by atoms with van der Waals surface area (Å²) in [6.45, 7) is 4.14. The molecule has 54 valence electrons. The van der Waals surface area contributed by atoms with Crippen LogP contribution in [0.25, 0.3) is 0 Å². The van der Waals surface area contributed by atoms with Gasteiger partial charge in [-0.3, -0.25) is 4.98 Å². The van der Waals surface area contributed by atoms with Crippen LogP contribution >= 0.6 is 11.8 Å². The van der Waals surface area contributed by atoms with Crippen LogP contribution in [0.1, 0.15) is 12.6 Å². The van der Waals surface area contributed by atoms with Gasteiger partial charge in [-0.15, -0.1) is 11.8 Å². The minimum atomic E-state index is 1.08. The third-order valence-corrected chi connectivity index (χ3v) is 2.06. The smallest absolute Gasteiger partial charge is 0.0407 e. The van der Waals surface area contributed by atoms with Gasteiger partial charge >= 0.3 is 0 Å². The van der Waals surface area contributed by atoms with Crippen LogP contribution in [-0.2, 0) is 0 Å². The van der Waals surface area contributed by atoms with Gasteiger partial charge < -0.3 is 0 Å². The normalized spacial score (nSPS) is 9.80. The van der Waals surface area contributed by atoms with Crippen molar-refractivity contribution in [3.05, 3.63) is 24.0 Å². The lowest BCUT2D eigenvalue weighted by atomic mass is 10.4. The first kappa shape index (κ1) is 7.61. The van der Waals surface area contributed by atoms with Gasteiger partial charge in [-0.2, -0.15) is 0 Å². The zero-order valence-corrected chi connectivity index (χ0v) is 7.11. The van der Waals surface area contributed by atoms with Gasteiger partial charge in [-0.05, 0) is 24.8 Å². The summed E-state index contributed by atoms with van der Waals surface area (Å²) < 4.78 is 0. The van der Waals surface area contributed by atoms with Crippen molar-refractivity contribution in [3.8, 4) is 0 Å². The van der Waals surface area contributed by atoms with Gasteiger partial charge in [-0.1, -0.05) is 6.92 Å². The van der Waals surface area contributed by atoms with Crippen molar-refractivity contribution in [2.45, 2.75) is 18.7 Å². The fourth-order valence-electron chi connectivity index (χ4n) is 0.706. The number of hydrogen-bond acceptors (Lipinski definition) is 2. The van der Waals surface area contributed by atoms with Crippen LogP contribution in [0.2, 0.25) is 0 Å². The molecule has 0 saturated carbocycles. The number of aromatic nitrogens is 1. The van der Waals surface area contributed by atoms with Crippen molar-refractivity contribution < 1.29 is 0 Å². The lowest BCUT2D eigenvalue weighted by Crippen LogP contribution is -1.79. The Labute approximate surface area is 65.9 Å². The van der Waals surface area contributed by atoms with Crippen LogP contribution in [0.3, 0.4) is 0 Å². The van der Waals surface area contributed by atoms with Crippen LogP contribution in [-0.4, -0.2) is 10.7 Å². The van der Waals surface area contributed by atoms with Crippen molar-refractivity contribution in [1.82, 2.24) is 4.98 Å². The quantitative estimate of drug-likeness (QED) is 0.605. The lowest BCUT2D eigenvalue weighted by Gasteiger charge is -1.96. The molecule has 0 amide bonds. The highest BCUT2D eigenvalue weighted by atomic mass is 32.2. The van der Waals surface area contributed by atoms with E-state index in [0.717, 1.165) is 11.4 Å². The van der Waals surface area contributed by atoms with Crippen LogP contribution in [0.15, 0.2) is 23.2 Å². The first-order valence-corrected chi connectivity index (χ1v) is 4.37. The summed E-state index contributed by atoms with van der Waals surface area (Å²) >= 11 is 1.82. The number of rotatable bonds is 2. The van der Waals surface area contributed by atoms with E-state index in [1.807, 2.05) is 30.9 Å². The van der Waals surface area contributed by atoms with Crippen LogP contribution in [0.5, 0.6) is 0 Å². The van der Waals surface area contributed by atoms with Gasteiger partial charge in [0.2, 0.25) is 0 Å². The maximum absolute atomic E-state index is 4.18. The van der Waals surface area contributed by atoms with Gasteiger partial charge in [0.25, 0.3) is 0 Å². The van der Waals surface area contributed by atoms with E-state index in [0.29, 0.717) is 0 Å². The van der Waals surface area contributed by atoms with E-state index in [9.17, 15) is 0 Å². The second kappa shape index (κ2) is 3.62. The van der Waals surface area contributed by atoms with E-state index in [4.69, 9.17) is 0 Å². The first-order chi connectivity index (χ1) is 4.83. The van der Waals surface area contributed by atoms with Crippen molar-refractivity contribution in [1.29, 1.82) is 0 Å².